The molecule has 0 aliphatic heterocycles. The molecule has 0 fully saturated rings. The van der Waals surface area contributed by atoms with Crippen LogP contribution in [0, 0.1) is 0 Å². The zero-order valence-corrected chi connectivity index (χ0v) is 10.9. The van der Waals surface area contributed by atoms with Crippen molar-refractivity contribution in [2.75, 3.05) is 6.61 Å². The Bertz CT molecular complexity index is 502. The van der Waals surface area contributed by atoms with Crippen molar-refractivity contribution in [1.29, 1.82) is 0 Å². The van der Waals surface area contributed by atoms with E-state index in [-0.39, 0.29) is 0 Å². The molecular weight excluding hydrogens is 250 g/mol. The quantitative estimate of drug-likeness (QED) is 0.771. The standard InChI is InChI=1S/C14H14ClNO2/c1-2-17-12-8-13(15)16-14(9-12)18-10-11-6-4-3-5-7-11/h3-9H,2,10H2,1H3. The molecule has 2 aromatic rings. The van der Waals surface area contributed by atoms with Gasteiger partial charge in [0.25, 0.3) is 0 Å². The highest BCUT2D eigenvalue weighted by atomic mass is 35.5. The largest absolute Gasteiger partial charge is 0.494 e. The Hall–Kier alpha value is -1.74. The molecule has 0 saturated carbocycles. The van der Waals surface area contributed by atoms with Crippen LogP contribution < -0.4 is 9.47 Å². The van der Waals surface area contributed by atoms with E-state index in [4.69, 9.17) is 21.1 Å². The molecule has 0 aliphatic carbocycles. The summed E-state index contributed by atoms with van der Waals surface area (Å²) in [4.78, 5) is 4.09. The van der Waals surface area contributed by atoms with E-state index in [1.807, 2.05) is 37.3 Å². The summed E-state index contributed by atoms with van der Waals surface area (Å²) in [6.07, 6.45) is 0. The van der Waals surface area contributed by atoms with Gasteiger partial charge in [-0.1, -0.05) is 41.9 Å². The number of nitrogens with zero attached hydrogens (tertiary/aromatic N) is 1. The predicted molar refractivity (Wildman–Crippen MR) is 71.2 cm³/mol. The number of pyridine rings is 1. The van der Waals surface area contributed by atoms with Crippen LogP contribution in [0.3, 0.4) is 0 Å². The van der Waals surface area contributed by atoms with Gasteiger partial charge >= 0.3 is 0 Å². The smallest absolute Gasteiger partial charge is 0.218 e. The number of rotatable bonds is 5. The number of benzene rings is 1. The molecule has 0 atom stereocenters. The lowest BCUT2D eigenvalue weighted by Gasteiger charge is -2.08. The van der Waals surface area contributed by atoms with Crippen molar-refractivity contribution >= 4 is 11.6 Å². The maximum absolute atomic E-state index is 5.90. The molecule has 0 amide bonds. The first-order valence-corrected chi connectivity index (χ1v) is 6.13. The lowest BCUT2D eigenvalue weighted by atomic mass is 10.2. The maximum Gasteiger partial charge on any atom is 0.218 e. The molecule has 3 nitrogen and oxygen atoms in total. The zero-order valence-electron chi connectivity index (χ0n) is 10.1. The van der Waals surface area contributed by atoms with Crippen molar-refractivity contribution in [3.05, 3.63) is 53.2 Å². The van der Waals surface area contributed by atoms with Crippen LogP contribution >= 0.6 is 11.6 Å². The molecule has 94 valence electrons. The van der Waals surface area contributed by atoms with Gasteiger partial charge in [-0.3, -0.25) is 0 Å². The van der Waals surface area contributed by atoms with E-state index in [0.29, 0.717) is 30.0 Å². The summed E-state index contributed by atoms with van der Waals surface area (Å²) in [5.74, 6) is 1.13. The molecule has 1 heterocycles. The van der Waals surface area contributed by atoms with E-state index >= 15 is 0 Å². The second kappa shape index (κ2) is 6.26. The predicted octanol–water partition coefficient (Wildman–Crippen LogP) is 3.71. The minimum Gasteiger partial charge on any atom is -0.494 e. The van der Waals surface area contributed by atoms with Crippen LogP contribution in [0.25, 0.3) is 0 Å². The second-order valence-corrected chi connectivity index (χ2v) is 4.06. The number of hydrogen-bond acceptors (Lipinski definition) is 3. The van der Waals surface area contributed by atoms with Crippen LogP contribution in [0.4, 0.5) is 0 Å². The minimum atomic E-state index is 0.365. The van der Waals surface area contributed by atoms with Gasteiger partial charge in [-0.25, -0.2) is 4.98 Å². The number of aromatic nitrogens is 1. The molecule has 0 aliphatic rings. The zero-order chi connectivity index (χ0) is 12.8. The molecule has 0 radical (unpaired) electrons. The monoisotopic (exact) mass is 263 g/mol. The van der Waals surface area contributed by atoms with Gasteiger partial charge in [-0.05, 0) is 12.5 Å². The third-order valence-electron chi connectivity index (χ3n) is 2.28. The van der Waals surface area contributed by atoms with Gasteiger partial charge in [0, 0.05) is 12.1 Å². The van der Waals surface area contributed by atoms with Crippen LogP contribution in [0.1, 0.15) is 12.5 Å². The summed E-state index contributed by atoms with van der Waals surface area (Å²) in [6.45, 7) is 2.96. The average Bonchev–Trinajstić information content (AvgIpc) is 2.37. The summed E-state index contributed by atoms with van der Waals surface area (Å²) in [7, 11) is 0. The van der Waals surface area contributed by atoms with Crippen LogP contribution in [-0.2, 0) is 6.61 Å². The SMILES string of the molecule is CCOc1cc(Cl)nc(OCc2ccccc2)c1. The van der Waals surface area contributed by atoms with Gasteiger partial charge in [0.05, 0.1) is 6.61 Å². The molecule has 1 aromatic carbocycles. The van der Waals surface area contributed by atoms with E-state index in [1.54, 1.807) is 12.1 Å². The van der Waals surface area contributed by atoms with Gasteiger partial charge in [-0.2, -0.15) is 0 Å². The van der Waals surface area contributed by atoms with E-state index in [0.717, 1.165) is 5.56 Å². The Morgan fingerprint density at radius 2 is 1.89 bits per heavy atom. The highest BCUT2D eigenvalue weighted by molar-refractivity contribution is 6.29. The number of ether oxygens (including phenoxy) is 2. The molecule has 0 N–H and O–H groups in total. The van der Waals surface area contributed by atoms with Gasteiger partial charge in [-0.15, -0.1) is 0 Å². The Morgan fingerprint density at radius 1 is 1.11 bits per heavy atom. The summed E-state index contributed by atoms with van der Waals surface area (Å²) in [5, 5.41) is 0.365. The van der Waals surface area contributed by atoms with Crippen molar-refractivity contribution in [2.24, 2.45) is 0 Å². The van der Waals surface area contributed by atoms with Crippen molar-refractivity contribution < 1.29 is 9.47 Å². The van der Waals surface area contributed by atoms with E-state index in [9.17, 15) is 0 Å². The molecule has 0 saturated heterocycles. The summed E-state index contributed by atoms with van der Waals surface area (Å²) in [6, 6.07) is 13.3. The molecule has 0 unspecified atom stereocenters. The average molecular weight is 264 g/mol. The second-order valence-electron chi connectivity index (χ2n) is 3.67. The maximum atomic E-state index is 5.90. The fourth-order valence-electron chi connectivity index (χ4n) is 1.51. The Morgan fingerprint density at radius 3 is 2.61 bits per heavy atom. The topological polar surface area (TPSA) is 31.4 Å². The van der Waals surface area contributed by atoms with Crippen molar-refractivity contribution in [3.63, 3.8) is 0 Å². The Balaban J connectivity index is 2.05. The van der Waals surface area contributed by atoms with E-state index < -0.39 is 0 Å². The number of hydrogen-bond donors (Lipinski definition) is 0. The fourth-order valence-corrected chi connectivity index (χ4v) is 1.70. The van der Waals surface area contributed by atoms with Crippen molar-refractivity contribution in [3.8, 4) is 11.6 Å². The highest BCUT2D eigenvalue weighted by Gasteiger charge is 2.03. The lowest BCUT2D eigenvalue weighted by molar-refractivity contribution is 0.288. The fraction of sp³-hybridized carbons (Fsp3) is 0.214. The van der Waals surface area contributed by atoms with Crippen LogP contribution in [0.15, 0.2) is 42.5 Å². The Labute approximate surface area is 111 Å². The molecule has 0 spiro atoms. The van der Waals surface area contributed by atoms with Crippen molar-refractivity contribution in [1.82, 2.24) is 4.98 Å². The molecule has 0 bridgehead atoms. The van der Waals surface area contributed by atoms with Gasteiger partial charge in [0.15, 0.2) is 0 Å². The van der Waals surface area contributed by atoms with Gasteiger partial charge in [0.2, 0.25) is 5.88 Å². The molecule has 2 rings (SSSR count). The van der Waals surface area contributed by atoms with Crippen LogP contribution in [0.5, 0.6) is 11.6 Å². The summed E-state index contributed by atoms with van der Waals surface area (Å²) >= 11 is 5.90. The third kappa shape index (κ3) is 3.64. The summed E-state index contributed by atoms with van der Waals surface area (Å²) in [5.41, 5.74) is 1.08. The first-order chi connectivity index (χ1) is 8.78. The highest BCUT2D eigenvalue weighted by Crippen LogP contribution is 2.22. The van der Waals surface area contributed by atoms with Crippen LogP contribution in [0.2, 0.25) is 5.15 Å². The molecular formula is C14H14ClNO2. The summed E-state index contributed by atoms with van der Waals surface area (Å²) < 4.78 is 11.0. The Kier molecular flexibility index (Phi) is 4.42. The molecule has 18 heavy (non-hydrogen) atoms. The van der Waals surface area contributed by atoms with Gasteiger partial charge < -0.3 is 9.47 Å². The van der Waals surface area contributed by atoms with Crippen LogP contribution in [-0.4, -0.2) is 11.6 Å². The first-order valence-electron chi connectivity index (χ1n) is 5.75. The van der Waals surface area contributed by atoms with E-state index in [2.05, 4.69) is 4.98 Å². The number of halogens is 1. The molecule has 1 aromatic heterocycles. The minimum absolute atomic E-state index is 0.365. The molecule has 4 heteroatoms. The van der Waals surface area contributed by atoms with Gasteiger partial charge in [0.1, 0.15) is 17.5 Å². The lowest BCUT2D eigenvalue weighted by Crippen LogP contribution is -1.99. The third-order valence-corrected chi connectivity index (χ3v) is 2.48. The van der Waals surface area contributed by atoms with E-state index in [1.165, 1.54) is 0 Å². The normalized spacial score (nSPS) is 10.1. The van der Waals surface area contributed by atoms with Crippen molar-refractivity contribution in [2.45, 2.75) is 13.5 Å². The first kappa shape index (κ1) is 12.7.